The summed E-state index contributed by atoms with van der Waals surface area (Å²) in [4.78, 5) is 35.6. The summed E-state index contributed by atoms with van der Waals surface area (Å²) in [7, 11) is 3.20. The highest BCUT2D eigenvalue weighted by Crippen LogP contribution is 2.00. The molecule has 0 saturated heterocycles. The van der Waals surface area contributed by atoms with Crippen LogP contribution in [-0.2, 0) is 14.4 Å². The Morgan fingerprint density at radius 1 is 1.05 bits per heavy atom. The molecule has 112 valence electrons. The van der Waals surface area contributed by atoms with Gasteiger partial charge in [-0.2, -0.15) is 0 Å². The smallest absolute Gasteiger partial charge is 0.244 e. The van der Waals surface area contributed by atoms with Gasteiger partial charge in [-0.05, 0) is 11.6 Å². The Balaban J connectivity index is 2.28. The van der Waals surface area contributed by atoms with Gasteiger partial charge in [0.25, 0.3) is 0 Å². The first-order chi connectivity index (χ1) is 9.99. The van der Waals surface area contributed by atoms with E-state index in [0.717, 1.165) is 5.56 Å². The van der Waals surface area contributed by atoms with E-state index >= 15 is 0 Å². The summed E-state index contributed by atoms with van der Waals surface area (Å²) >= 11 is 0. The van der Waals surface area contributed by atoms with Gasteiger partial charge in [0, 0.05) is 20.2 Å². The van der Waals surface area contributed by atoms with E-state index in [2.05, 4.69) is 10.6 Å². The number of nitrogens with one attached hydrogen (secondary N) is 2. The number of benzene rings is 1. The van der Waals surface area contributed by atoms with E-state index in [-0.39, 0.29) is 24.9 Å². The second kappa shape index (κ2) is 8.52. The maximum Gasteiger partial charge on any atom is 0.244 e. The van der Waals surface area contributed by atoms with Crippen LogP contribution in [0.3, 0.4) is 0 Å². The van der Waals surface area contributed by atoms with Crippen molar-refractivity contribution in [1.82, 2.24) is 15.5 Å². The number of rotatable bonds is 6. The second-order valence-electron chi connectivity index (χ2n) is 4.53. The molecule has 0 aliphatic heterocycles. The summed E-state index contributed by atoms with van der Waals surface area (Å²) in [6.07, 6.45) is 3.01. The Kier molecular flexibility index (Phi) is 6.67. The molecule has 1 rings (SSSR count). The number of hydrogen-bond acceptors (Lipinski definition) is 3. The number of amides is 3. The second-order valence-corrected chi connectivity index (χ2v) is 4.53. The van der Waals surface area contributed by atoms with E-state index in [0.29, 0.717) is 0 Å². The molecule has 0 unspecified atom stereocenters. The molecule has 0 fully saturated rings. The zero-order valence-electron chi connectivity index (χ0n) is 12.1. The van der Waals surface area contributed by atoms with Crippen LogP contribution in [0.25, 0.3) is 6.08 Å². The van der Waals surface area contributed by atoms with Crippen LogP contribution in [0.2, 0.25) is 0 Å². The van der Waals surface area contributed by atoms with Gasteiger partial charge in [0.2, 0.25) is 17.7 Å². The minimum atomic E-state index is -0.410. The normalized spacial score (nSPS) is 10.2. The van der Waals surface area contributed by atoms with Crippen molar-refractivity contribution in [3.05, 3.63) is 42.0 Å². The number of carbonyl (C=O) groups is 3. The van der Waals surface area contributed by atoms with Crippen molar-refractivity contribution < 1.29 is 14.4 Å². The fourth-order valence-corrected chi connectivity index (χ4v) is 1.36. The van der Waals surface area contributed by atoms with Crippen molar-refractivity contribution in [2.45, 2.75) is 0 Å². The Hall–Kier alpha value is -2.63. The molecule has 0 spiro atoms. The lowest BCUT2D eigenvalue weighted by molar-refractivity contribution is -0.130. The van der Waals surface area contributed by atoms with Crippen LogP contribution in [0, 0.1) is 0 Å². The molecule has 0 radical (unpaired) electrons. The molecule has 0 saturated carbocycles. The highest BCUT2D eigenvalue weighted by atomic mass is 16.2. The summed E-state index contributed by atoms with van der Waals surface area (Å²) in [6.45, 7) is -0.250. The van der Waals surface area contributed by atoms with E-state index in [4.69, 9.17) is 0 Å². The SMILES string of the molecule is CN(C)C(=O)CNC(=O)CNC(=O)/C=C/c1ccccc1. The van der Waals surface area contributed by atoms with Gasteiger partial charge >= 0.3 is 0 Å². The van der Waals surface area contributed by atoms with Crippen LogP contribution in [-0.4, -0.2) is 49.8 Å². The van der Waals surface area contributed by atoms with Crippen molar-refractivity contribution in [2.75, 3.05) is 27.2 Å². The highest BCUT2D eigenvalue weighted by Gasteiger charge is 2.07. The van der Waals surface area contributed by atoms with E-state index in [1.807, 2.05) is 30.3 Å². The monoisotopic (exact) mass is 289 g/mol. The minimum Gasteiger partial charge on any atom is -0.347 e. The zero-order valence-corrected chi connectivity index (χ0v) is 12.1. The molecule has 6 nitrogen and oxygen atoms in total. The molecule has 3 amide bonds. The van der Waals surface area contributed by atoms with E-state index in [9.17, 15) is 14.4 Å². The summed E-state index contributed by atoms with van der Waals surface area (Å²) in [5.74, 6) is -0.988. The lowest BCUT2D eigenvalue weighted by atomic mass is 10.2. The van der Waals surface area contributed by atoms with Gasteiger partial charge in [0.05, 0.1) is 13.1 Å². The fraction of sp³-hybridized carbons (Fsp3) is 0.267. The number of carbonyl (C=O) groups excluding carboxylic acids is 3. The van der Waals surface area contributed by atoms with E-state index in [1.54, 1.807) is 20.2 Å². The fourth-order valence-electron chi connectivity index (χ4n) is 1.36. The topological polar surface area (TPSA) is 78.5 Å². The van der Waals surface area contributed by atoms with Crippen molar-refractivity contribution in [1.29, 1.82) is 0 Å². The molecule has 1 aromatic carbocycles. The lowest BCUT2D eigenvalue weighted by Crippen LogP contribution is -2.41. The zero-order chi connectivity index (χ0) is 15.7. The molecule has 0 heterocycles. The molecular formula is C15H19N3O3. The Morgan fingerprint density at radius 2 is 1.71 bits per heavy atom. The number of likely N-dealkylation sites (N-methyl/N-ethyl adjacent to an activating group) is 1. The van der Waals surface area contributed by atoms with Crippen LogP contribution in [0.4, 0.5) is 0 Å². The van der Waals surface area contributed by atoms with Gasteiger partial charge in [0.1, 0.15) is 0 Å². The minimum absolute atomic E-state index is 0.0818. The molecule has 6 heteroatoms. The Morgan fingerprint density at radius 3 is 2.33 bits per heavy atom. The van der Waals surface area contributed by atoms with Crippen LogP contribution >= 0.6 is 0 Å². The standard InChI is InChI=1S/C15H19N3O3/c1-18(2)15(21)11-17-14(20)10-16-13(19)9-8-12-6-4-3-5-7-12/h3-9H,10-11H2,1-2H3,(H,16,19)(H,17,20)/b9-8+. The van der Waals surface area contributed by atoms with Crippen LogP contribution < -0.4 is 10.6 Å². The molecule has 2 N–H and O–H groups in total. The summed E-state index contributed by atoms with van der Waals surface area (Å²) in [6, 6.07) is 9.35. The van der Waals surface area contributed by atoms with Crippen molar-refractivity contribution in [3.8, 4) is 0 Å². The molecular weight excluding hydrogens is 270 g/mol. The van der Waals surface area contributed by atoms with Crippen LogP contribution in [0.1, 0.15) is 5.56 Å². The molecule has 0 aliphatic rings. The van der Waals surface area contributed by atoms with Gasteiger partial charge in [0.15, 0.2) is 0 Å². The summed E-state index contributed by atoms with van der Waals surface area (Å²) in [5, 5.41) is 4.87. The summed E-state index contributed by atoms with van der Waals surface area (Å²) in [5.41, 5.74) is 0.897. The Bertz CT molecular complexity index is 524. The van der Waals surface area contributed by atoms with Crippen molar-refractivity contribution in [2.24, 2.45) is 0 Å². The first-order valence-electron chi connectivity index (χ1n) is 6.47. The maximum atomic E-state index is 11.5. The van der Waals surface area contributed by atoms with Crippen molar-refractivity contribution in [3.63, 3.8) is 0 Å². The third-order valence-corrected chi connectivity index (χ3v) is 2.59. The van der Waals surface area contributed by atoms with E-state index < -0.39 is 5.91 Å². The lowest BCUT2D eigenvalue weighted by Gasteiger charge is -2.10. The van der Waals surface area contributed by atoms with E-state index in [1.165, 1.54) is 11.0 Å². The number of hydrogen-bond donors (Lipinski definition) is 2. The van der Waals surface area contributed by atoms with Gasteiger partial charge in [-0.25, -0.2) is 0 Å². The predicted octanol–water partition coefficient (Wildman–Crippen LogP) is 0.0204. The van der Waals surface area contributed by atoms with Crippen molar-refractivity contribution >= 4 is 23.8 Å². The molecule has 0 atom stereocenters. The summed E-state index contributed by atoms with van der Waals surface area (Å²) < 4.78 is 0. The first-order valence-corrected chi connectivity index (χ1v) is 6.47. The molecule has 0 bridgehead atoms. The van der Waals surface area contributed by atoms with Gasteiger partial charge in [-0.3, -0.25) is 14.4 Å². The van der Waals surface area contributed by atoms with Crippen LogP contribution in [0.15, 0.2) is 36.4 Å². The molecule has 21 heavy (non-hydrogen) atoms. The third kappa shape index (κ3) is 6.91. The largest absolute Gasteiger partial charge is 0.347 e. The molecule has 1 aromatic rings. The quantitative estimate of drug-likeness (QED) is 0.725. The highest BCUT2D eigenvalue weighted by molar-refractivity contribution is 5.94. The van der Waals surface area contributed by atoms with Gasteiger partial charge in [-0.1, -0.05) is 30.3 Å². The third-order valence-electron chi connectivity index (χ3n) is 2.59. The Labute approximate surface area is 123 Å². The van der Waals surface area contributed by atoms with Gasteiger partial charge in [-0.15, -0.1) is 0 Å². The predicted molar refractivity (Wildman–Crippen MR) is 80.2 cm³/mol. The van der Waals surface area contributed by atoms with Crippen LogP contribution in [0.5, 0.6) is 0 Å². The number of nitrogens with zero attached hydrogens (tertiary/aromatic N) is 1. The molecule has 0 aromatic heterocycles. The first kappa shape index (κ1) is 16.4. The average molecular weight is 289 g/mol. The van der Waals surface area contributed by atoms with Gasteiger partial charge < -0.3 is 15.5 Å². The average Bonchev–Trinajstić information content (AvgIpc) is 2.49. The maximum absolute atomic E-state index is 11.5. The molecule has 0 aliphatic carbocycles.